The van der Waals surface area contributed by atoms with Gasteiger partial charge in [-0.1, -0.05) is 57.9 Å². The molecule has 2 unspecified atom stereocenters. The van der Waals surface area contributed by atoms with E-state index >= 15 is 0 Å². The van der Waals surface area contributed by atoms with Crippen LogP contribution in [-0.4, -0.2) is 79.2 Å². The summed E-state index contributed by atoms with van der Waals surface area (Å²) in [7, 11) is -3.78. The van der Waals surface area contributed by atoms with Gasteiger partial charge in [-0.25, -0.2) is 13.2 Å². The zero-order valence-corrected chi connectivity index (χ0v) is 53.4. The number of hydrazine groups is 3. The molecule has 0 saturated heterocycles. The van der Waals surface area contributed by atoms with Crippen molar-refractivity contribution in [1.82, 2.24) is 19.8 Å². The topological polar surface area (TPSA) is 309 Å². The van der Waals surface area contributed by atoms with Crippen LogP contribution in [0.25, 0.3) is 0 Å². The van der Waals surface area contributed by atoms with E-state index in [4.69, 9.17) is 32.1 Å². The maximum atomic E-state index is 13.3. The third-order valence-electron chi connectivity index (χ3n) is 12.2. The van der Waals surface area contributed by atoms with Crippen LogP contribution in [0, 0.1) is 41.5 Å². The minimum absolute atomic E-state index is 0.0321. The SMILES string of the molecule is COc1cc(OC)c(OS(=O)(=O)NNc2ccc(C(C)=O)cc2C(F)(F)F)cc1C.COc1ccc(NC(=O)C(C)Oc2ccc(C)cc2C)cc1OS(=O)NNc1ccc(C)cc1.Cc1ccc(OCNC(=O)Nc2ccc(NNS(C)(=O)=O)cc2)c(C)c1. The van der Waals surface area contributed by atoms with Crippen LogP contribution in [0.3, 0.4) is 0 Å². The predicted octanol–water partition coefficient (Wildman–Crippen LogP) is 10.4. The predicted molar refractivity (Wildman–Crippen MR) is 338 cm³/mol. The Labute approximate surface area is 522 Å². The number of Topliss-reactive ketones (excluding diaryl/α,β-unsaturated/α-hetero) is 1. The van der Waals surface area contributed by atoms with Crippen LogP contribution in [0.1, 0.15) is 63.1 Å². The van der Waals surface area contributed by atoms with E-state index < -0.39 is 66.9 Å². The van der Waals surface area contributed by atoms with Crippen molar-refractivity contribution in [3.63, 3.8) is 0 Å². The zero-order chi connectivity index (χ0) is 66.5. The molecule has 0 aliphatic heterocycles. The lowest BCUT2D eigenvalue weighted by atomic mass is 10.1. The van der Waals surface area contributed by atoms with Gasteiger partial charge in [-0.05, 0) is 157 Å². The molecule has 24 nitrogen and oxygen atoms in total. The van der Waals surface area contributed by atoms with Crippen molar-refractivity contribution in [2.45, 2.75) is 67.7 Å². The fourth-order valence-corrected chi connectivity index (χ4v) is 9.12. The summed E-state index contributed by atoms with van der Waals surface area (Å²) in [5.74, 6) is 1.26. The van der Waals surface area contributed by atoms with Crippen molar-refractivity contribution in [2.24, 2.45) is 0 Å². The Kier molecular flexibility index (Phi) is 26.0. The molecule has 9 N–H and O–H groups in total. The number of ketones is 1. The van der Waals surface area contributed by atoms with Crippen LogP contribution in [0.4, 0.5) is 46.4 Å². The average molecular weight is 1310 g/mol. The molecule has 0 spiro atoms. The Balaban J connectivity index is 0.000000248. The second kappa shape index (κ2) is 32.8. The second-order valence-corrected chi connectivity index (χ2v) is 23.5. The molecule has 0 aliphatic rings. The summed E-state index contributed by atoms with van der Waals surface area (Å²) in [6, 6.07) is 35.5. The zero-order valence-electron chi connectivity index (χ0n) is 51.0. The molecule has 0 bridgehead atoms. The number of anilines is 5. The molecule has 3 amide bonds. The summed E-state index contributed by atoms with van der Waals surface area (Å²) in [6.07, 6.45) is -4.53. The lowest BCUT2D eigenvalue weighted by Crippen LogP contribution is -2.34. The highest BCUT2D eigenvalue weighted by atomic mass is 32.2. The van der Waals surface area contributed by atoms with Gasteiger partial charge in [-0.3, -0.25) is 9.59 Å². The van der Waals surface area contributed by atoms with Crippen molar-refractivity contribution in [2.75, 3.05) is 61.2 Å². The van der Waals surface area contributed by atoms with Crippen LogP contribution >= 0.6 is 0 Å². The van der Waals surface area contributed by atoms with E-state index in [1.54, 1.807) is 55.1 Å². The van der Waals surface area contributed by atoms with Crippen LogP contribution in [0.2, 0.25) is 0 Å². The second-order valence-electron chi connectivity index (χ2n) is 19.6. The highest BCUT2D eigenvalue weighted by molar-refractivity contribution is 7.88. The smallest absolute Gasteiger partial charge is 0.418 e. The first-order valence-electron chi connectivity index (χ1n) is 26.8. The number of sulfonamides is 1. The van der Waals surface area contributed by atoms with Gasteiger partial charge < -0.3 is 64.3 Å². The van der Waals surface area contributed by atoms with Crippen LogP contribution in [-0.2, 0) is 42.6 Å². The standard InChI is InChI=1S/C25H29N3O5S.C18H19F3N2O6S.C17H22N4O4S/c1-16-6-9-20(10-7-16)27-28-34(30)33-24-15-21(11-13-23(24)31-5)26-25(29)19(4)32-22-12-8-17(2)14-18(22)3;1-10-7-17(16(28-4)9-15(10)27-3)29-30(25,26)23-22-14-6-5-12(11(2)24)8-13(14)18(19,20)21;1-12-4-9-16(13(2)10-12)25-11-18-17(22)19-14-5-7-15(8-6-14)20-21-26(3,23)24/h6-15,19,27-28H,1-5H3,(H,26,29);5-9,22-23H,1-4H3;4-10,20-21H,11H2,1-3H3,(H2,18,19,22). The fraction of sp³-hybridized carbons (Fsp3) is 0.250. The number of aryl methyl sites for hydroxylation is 6. The van der Waals surface area contributed by atoms with Gasteiger partial charge in [0.15, 0.2) is 41.6 Å². The number of hydrogen-bond donors (Lipinski definition) is 9. The summed E-state index contributed by atoms with van der Waals surface area (Å²) < 4.78 is 136. The molecule has 0 radical (unpaired) electrons. The van der Waals surface area contributed by atoms with Gasteiger partial charge in [0.2, 0.25) is 10.0 Å². The van der Waals surface area contributed by atoms with E-state index in [1.165, 1.54) is 39.5 Å². The monoisotopic (exact) mass is 1310 g/mol. The molecule has 0 aromatic heterocycles. The molecule has 0 fully saturated rings. The van der Waals surface area contributed by atoms with Gasteiger partial charge in [-0.15, -0.1) is 9.66 Å². The highest BCUT2D eigenvalue weighted by Gasteiger charge is 2.35. The van der Waals surface area contributed by atoms with E-state index in [1.807, 2.05) is 101 Å². The van der Waals surface area contributed by atoms with Crippen LogP contribution < -0.4 is 78.8 Å². The Morgan fingerprint density at radius 1 is 0.556 bits per heavy atom. The first-order chi connectivity index (χ1) is 42.3. The first kappa shape index (κ1) is 71.4. The van der Waals surface area contributed by atoms with Gasteiger partial charge in [0.05, 0.1) is 38.8 Å². The van der Waals surface area contributed by atoms with E-state index in [9.17, 15) is 48.6 Å². The number of methoxy groups -OCH3 is 3. The third-order valence-corrected chi connectivity index (χ3v) is 14.0. The summed E-state index contributed by atoms with van der Waals surface area (Å²) in [4.78, 5) is 42.3. The number of ether oxygens (including phenoxy) is 5. The molecule has 484 valence electrons. The molecule has 90 heavy (non-hydrogen) atoms. The minimum atomic E-state index is -4.84. The van der Waals surface area contributed by atoms with Crippen molar-refractivity contribution in [3.05, 3.63) is 178 Å². The Morgan fingerprint density at radius 3 is 1.68 bits per heavy atom. The van der Waals surface area contributed by atoms with Crippen molar-refractivity contribution < 1.29 is 80.6 Å². The van der Waals surface area contributed by atoms with Gasteiger partial charge in [0.1, 0.15) is 17.2 Å². The number of rotatable bonds is 25. The molecule has 7 aromatic carbocycles. The lowest BCUT2D eigenvalue weighted by Gasteiger charge is -2.17. The lowest BCUT2D eigenvalue weighted by molar-refractivity contribution is -0.137. The Hall–Kier alpha value is -9.33. The molecule has 30 heteroatoms. The molecular weight excluding hydrogens is 1240 g/mol. The van der Waals surface area contributed by atoms with E-state index in [-0.39, 0.29) is 35.4 Å². The third kappa shape index (κ3) is 23.3. The molecule has 0 saturated carbocycles. The first-order valence-corrected chi connectivity index (χ1v) is 31.1. The number of halogens is 3. The van der Waals surface area contributed by atoms with Crippen LogP contribution in [0.5, 0.6) is 40.2 Å². The van der Waals surface area contributed by atoms with Crippen molar-refractivity contribution in [1.29, 1.82) is 0 Å². The van der Waals surface area contributed by atoms with E-state index in [0.29, 0.717) is 51.7 Å². The van der Waals surface area contributed by atoms with E-state index in [2.05, 4.69) is 36.5 Å². The molecule has 0 aliphatic carbocycles. The van der Waals surface area contributed by atoms with Gasteiger partial charge in [-0.2, -0.15) is 25.8 Å². The Morgan fingerprint density at radius 2 is 1.10 bits per heavy atom. The largest absolute Gasteiger partial charge is 0.496 e. The number of alkyl halides is 3. The maximum absolute atomic E-state index is 13.3. The summed E-state index contributed by atoms with van der Waals surface area (Å²) in [5, 5.41) is 8.04. The summed E-state index contributed by atoms with van der Waals surface area (Å²) >= 11 is -1.93. The molecule has 7 rings (SSSR count). The molecule has 2 atom stereocenters. The minimum Gasteiger partial charge on any atom is -0.496 e. The average Bonchev–Trinajstić information content (AvgIpc) is 0.932. The maximum Gasteiger partial charge on any atom is 0.418 e. The number of hydrogen-bond acceptors (Lipinski definition) is 18. The number of carbonyl (C=O) groups is 3. The quantitative estimate of drug-likeness (QED) is 0.0146. The normalized spacial score (nSPS) is 11.7. The number of amides is 3. The summed E-state index contributed by atoms with van der Waals surface area (Å²) in [5.41, 5.74) is 13.4. The number of carbonyl (C=O) groups excluding carboxylic acids is 3. The van der Waals surface area contributed by atoms with Gasteiger partial charge in [0.25, 0.3) is 5.91 Å². The van der Waals surface area contributed by atoms with Gasteiger partial charge >= 0.3 is 33.8 Å². The van der Waals surface area contributed by atoms with Crippen molar-refractivity contribution >= 4 is 77.8 Å². The fourth-order valence-electron chi connectivity index (χ4n) is 7.63. The number of nitrogens with one attached hydrogen (secondary N) is 9. The Bertz CT molecular complexity index is 3890. The molecular formula is C60H70F3N9O15S3. The van der Waals surface area contributed by atoms with Gasteiger partial charge in [0, 0.05) is 40.4 Å². The molecule has 0 heterocycles. The molecule has 7 aromatic rings. The number of urea groups is 1. The van der Waals surface area contributed by atoms with E-state index in [0.717, 1.165) is 58.8 Å². The number of benzene rings is 7. The van der Waals surface area contributed by atoms with Crippen LogP contribution in [0.15, 0.2) is 133 Å². The highest BCUT2D eigenvalue weighted by Crippen LogP contribution is 2.37. The summed E-state index contributed by atoms with van der Waals surface area (Å²) in [6.45, 7) is 14.3. The van der Waals surface area contributed by atoms with Crippen molar-refractivity contribution in [3.8, 4) is 40.2 Å².